The molecule has 0 spiro atoms. The monoisotopic (exact) mass is 305 g/mol. The molecule has 0 aliphatic heterocycles. The Balaban J connectivity index is 3.14. The maximum absolute atomic E-state index is 13.7. The fourth-order valence-electron chi connectivity index (χ4n) is 1.64. The average molecular weight is 305 g/mol. The summed E-state index contributed by atoms with van der Waals surface area (Å²) in [5.74, 6) is -2.73. The van der Waals surface area contributed by atoms with E-state index in [-0.39, 0.29) is 12.1 Å². The Morgan fingerprint density at radius 1 is 1.40 bits per heavy atom. The van der Waals surface area contributed by atoms with Crippen LogP contribution in [0.3, 0.4) is 0 Å². The third-order valence-electron chi connectivity index (χ3n) is 2.81. The molecule has 1 aromatic rings. The number of hydrogen-bond acceptors (Lipinski definition) is 3. The molecule has 0 heterocycles. The van der Waals surface area contributed by atoms with Crippen molar-refractivity contribution in [2.24, 2.45) is 0 Å². The molecular formula is C13H17F2NO3S. The van der Waals surface area contributed by atoms with Crippen LogP contribution in [0.1, 0.15) is 18.4 Å². The minimum atomic E-state index is -4.13. The summed E-state index contributed by atoms with van der Waals surface area (Å²) < 4.78 is 52.3. The summed E-state index contributed by atoms with van der Waals surface area (Å²) in [5, 5.41) is 8.95. The molecule has 1 aromatic carbocycles. The van der Waals surface area contributed by atoms with Gasteiger partial charge in [-0.2, -0.15) is 0 Å². The van der Waals surface area contributed by atoms with Gasteiger partial charge in [0.1, 0.15) is 4.90 Å². The van der Waals surface area contributed by atoms with Gasteiger partial charge >= 0.3 is 0 Å². The minimum absolute atomic E-state index is 0.00182. The van der Waals surface area contributed by atoms with E-state index >= 15 is 0 Å². The van der Waals surface area contributed by atoms with E-state index in [9.17, 15) is 17.2 Å². The van der Waals surface area contributed by atoms with Gasteiger partial charge in [0.2, 0.25) is 10.0 Å². The summed E-state index contributed by atoms with van der Waals surface area (Å²) in [6, 6.07) is 1.71. The van der Waals surface area contributed by atoms with Crippen LogP contribution >= 0.6 is 0 Å². The predicted molar refractivity (Wildman–Crippen MR) is 71.5 cm³/mol. The van der Waals surface area contributed by atoms with Gasteiger partial charge in [0.05, 0.1) is 6.61 Å². The van der Waals surface area contributed by atoms with E-state index in [1.165, 1.54) is 7.05 Å². The minimum Gasteiger partial charge on any atom is -0.392 e. The molecule has 0 radical (unpaired) electrons. The summed E-state index contributed by atoms with van der Waals surface area (Å²) in [4.78, 5) is -0.761. The maximum Gasteiger partial charge on any atom is 0.245 e. The Morgan fingerprint density at radius 2 is 2.05 bits per heavy atom. The summed E-state index contributed by atoms with van der Waals surface area (Å²) >= 11 is 0. The Morgan fingerprint density at radius 3 is 2.60 bits per heavy atom. The number of halogens is 2. The van der Waals surface area contributed by atoms with Crippen LogP contribution in [-0.4, -0.2) is 31.4 Å². The molecule has 0 aliphatic carbocycles. The largest absolute Gasteiger partial charge is 0.392 e. The van der Waals surface area contributed by atoms with Gasteiger partial charge in [-0.1, -0.05) is 6.08 Å². The molecule has 1 N–H and O–H groups in total. The molecule has 0 atom stereocenters. The first-order valence-electron chi connectivity index (χ1n) is 6.00. The molecule has 0 amide bonds. The van der Waals surface area contributed by atoms with E-state index in [4.69, 9.17) is 5.11 Å². The fourth-order valence-corrected chi connectivity index (χ4v) is 2.97. The number of nitrogens with zero attached hydrogens (tertiary/aromatic N) is 1. The first kappa shape index (κ1) is 16.7. The van der Waals surface area contributed by atoms with Crippen LogP contribution in [0.4, 0.5) is 8.78 Å². The van der Waals surface area contributed by atoms with E-state index in [2.05, 4.69) is 6.58 Å². The summed E-state index contributed by atoms with van der Waals surface area (Å²) in [7, 11) is -2.84. The quantitative estimate of drug-likeness (QED) is 0.619. The molecule has 7 heteroatoms. The average Bonchev–Trinajstić information content (AvgIpc) is 2.41. The van der Waals surface area contributed by atoms with E-state index < -0.39 is 33.2 Å². The van der Waals surface area contributed by atoms with Crippen molar-refractivity contribution in [1.29, 1.82) is 0 Å². The summed E-state index contributed by atoms with van der Waals surface area (Å²) in [5.41, 5.74) is 0.00182. The third-order valence-corrected chi connectivity index (χ3v) is 4.66. The molecule has 0 aliphatic rings. The SMILES string of the molecule is C=CCCCN(C)S(=O)(=O)c1cc(CO)cc(F)c1F. The lowest BCUT2D eigenvalue weighted by atomic mass is 10.2. The third kappa shape index (κ3) is 3.62. The smallest absolute Gasteiger partial charge is 0.245 e. The van der Waals surface area contributed by atoms with Gasteiger partial charge in [-0.15, -0.1) is 6.58 Å². The highest BCUT2D eigenvalue weighted by Crippen LogP contribution is 2.23. The van der Waals surface area contributed by atoms with Gasteiger partial charge in [-0.05, 0) is 30.5 Å². The van der Waals surface area contributed by atoms with Crippen molar-refractivity contribution < 1.29 is 22.3 Å². The van der Waals surface area contributed by atoms with E-state index in [1.54, 1.807) is 6.08 Å². The molecule has 0 fully saturated rings. The lowest BCUT2D eigenvalue weighted by Gasteiger charge is -2.18. The number of benzene rings is 1. The zero-order valence-electron chi connectivity index (χ0n) is 11.1. The van der Waals surface area contributed by atoms with Crippen LogP contribution in [0.2, 0.25) is 0 Å². The van der Waals surface area contributed by atoms with Gasteiger partial charge in [0.15, 0.2) is 11.6 Å². The fraction of sp³-hybridized carbons (Fsp3) is 0.385. The van der Waals surface area contributed by atoms with Crippen molar-refractivity contribution in [2.45, 2.75) is 24.3 Å². The zero-order chi connectivity index (χ0) is 15.3. The van der Waals surface area contributed by atoms with Crippen molar-refractivity contribution in [2.75, 3.05) is 13.6 Å². The van der Waals surface area contributed by atoms with Crippen LogP contribution in [-0.2, 0) is 16.6 Å². The number of unbranched alkanes of at least 4 members (excludes halogenated alkanes) is 1. The molecular weight excluding hydrogens is 288 g/mol. The standard InChI is InChI=1S/C13H17F2NO3S/c1-3-4-5-6-16(2)20(18,19)12-8-10(9-17)7-11(14)13(12)15/h3,7-8,17H,1,4-6,9H2,2H3. The van der Waals surface area contributed by atoms with Gasteiger partial charge in [0, 0.05) is 13.6 Å². The van der Waals surface area contributed by atoms with Crippen molar-refractivity contribution >= 4 is 10.0 Å². The first-order chi connectivity index (χ1) is 9.34. The second kappa shape index (κ2) is 6.92. The van der Waals surface area contributed by atoms with Crippen LogP contribution in [0, 0.1) is 11.6 Å². The Hall–Kier alpha value is -1.31. The Kier molecular flexibility index (Phi) is 5.79. The summed E-state index contributed by atoms with van der Waals surface area (Å²) in [6.07, 6.45) is 2.80. The number of sulfonamides is 1. The summed E-state index contributed by atoms with van der Waals surface area (Å²) in [6.45, 7) is 3.12. The first-order valence-corrected chi connectivity index (χ1v) is 7.44. The van der Waals surface area contributed by atoms with Crippen LogP contribution in [0.15, 0.2) is 29.7 Å². The van der Waals surface area contributed by atoms with Crippen molar-refractivity contribution in [3.63, 3.8) is 0 Å². The molecule has 0 saturated carbocycles. The van der Waals surface area contributed by atoms with Gasteiger partial charge < -0.3 is 5.11 Å². The molecule has 1 rings (SSSR count). The second-order valence-electron chi connectivity index (χ2n) is 4.31. The lowest BCUT2D eigenvalue weighted by molar-refractivity contribution is 0.280. The Bertz CT molecular complexity index is 588. The number of aliphatic hydroxyl groups excluding tert-OH is 1. The normalized spacial score (nSPS) is 11.8. The Labute approximate surface area is 117 Å². The van der Waals surface area contributed by atoms with Crippen molar-refractivity contribution in [3.05, 3.63) is 42.0 Å². The highest BCUT2D eigenvalue weighted by atomic mass is 32.2. The van der Waals surface area contributed by atoms with E-state index in [0.717, 1.165) is 16.4 Å². The number of hydrogen-bond donors (Lipinski definition) is 1. The van der Waals surface area contributed by atoms with Crippen LogP contribution in [0.5, 0.6) is 0 Å². The van der Waals surface area contributed by atoms with Crippen LogP contribution in [0.25, 0.3) is 0 Å². The van der Waals surface area contributed by atoms with Crippen molar-refractivity contribution in [3.8, 4) is 0 Å². The molecule has 0 bridgehead atoms. The molecule has 20 heavy (non-hydrogen) atoms. The lowest BCUT2D eigenvalue weighted by Crippen LogP contribution is -2.29. The number of aliphatic hydroxyl groups is 1. The number of allylic oxidation sites excluding steroid dienone is 1. The van der Waals surface area contributed by atoms with E-state index in [0.29, 0.717) is 12.8 Å². The predicted octanol–water partition coefficient (Wildman–Crippen LogP) is 2.04. The maximum atomic E-state index is 13.7. The molecule has 0 unspecified atom stereocenters. The van der Waals surface area contributed by atoms with Gasteiger partial charge in [-0.25, -0.2) is 21.5 Å². The zero-order valence-corrected chi connectivity index (χ0v) is 12.0. The molecule has 4 nitrogen and oxygen atoms in total. The highest BCUT2D eigenvalue weighted by Gasteiger charge is 2.26. The molecule has 0 saturated heterocycles. The van der Waals surface area contributed by atoms with Crippen molar-refractivity contribution in [1.82, 2.24) is 4.31 Å². The van der Waals surface area contributed by atoms with Crippen LogP contribution < -0.4 is 0 Å². The topological polar surface area (TPSA) is 57.6 Å². The number of rotatable bonds is 7. The van der Waals surface area contributed by atoms with Gasteiger partial charge in [0.25, 0.3) is 0 Å². The highest BCUT2D eigenvalue weighted by molar-refractivity contribution is 7.89. The molecule has 0 aromatic heterocycles. The van der Waals surface area contributed by atoms with Gasteiger partial charge in [-0.3, -0.25) is 0 Å². The molecule has 112 valence electrons. The second-order valence-corrected chi connectivity index (χ2v) is 6.32. The van der Waals surface area contributed by atoms with E-state index in [1.807, 2.05) is 0 Å².